The summed E-state index contributed by atoms with van der Waals surface area (Å²) in [6.45, 7) is 8.80. The molecule has 0 saturated carbocycles. The van der Waals surface area contributed by atoms with Gasteiger partial charge >= 0.3 is 0 Å². The number of ether oxygens (including phenoxy) is 2. The van der Waals surface area contributed by atoms with Crippen molar-refractivity contribution in [1.82, 2.24) is 25.0 Å². The fourth-order valence-corrected chi connectivity index (χ4v) is 5.95. The second-order valence-corrected chi connectivity index (χ2v) is 10.5. The molecule has 0 spiro atoms. The van der Waals surface area contributed by atoms with Gasteiger partial charge in [0, 0.05) is 53.6 Å². The Morgan fingerprint density at radius 3 is 2.54 bits per heavy atom. The number of aliphatic imine (C=N–C) groups is 1. The van der Waals surface area contributed by atoms with Crippen molar-refractivity contribution < 1.29 is 14.3 Å². The third-order valence-corrected chi connectivity index (χ3v) is 7.93. The molecule has 0 radical (unpaired) electrons. The van der Waals surface area contributed by atoms with Gasteiger partial charge in [-0.3, -0.25) is 14.4 Å². The van der Waals surface area contributed by atoms with Gasteiger partial charge in [0.2, 0.25) is 5.91 Å². The van der Waals surface area contributed by atoms with Crippen molar-refractivity contribution in [3.8, 4) is 5.00 Å². The lowest BCUT2D eigenvalue weighted by molar-refractivity contribution is -0.135. The van der Waals surface area contributed by atoms with E-state index in [1.165, 1.54) is 0 Å². The van der Waals surface area contributed by atoms with Gasteiger partial charge < -0.3 is 19.7 Å². The standard InChI is InChI=1S/C22H22ClN5O2S.C4H9NO/c1-14-25-26-19-13-24-21(16-4-2-3-5-18(16)23)17-12-15(31-22(17)28(14)19)6-7-20(29)27-8-10-30-11-9-27;1-3-6-4-2-5-1/h2-5,12H,6-11,13H2,1H3;5H,1-4H2. The summed E-state index contributed by atoms with van der Waals surface area (Å²) in [6.07, 6.45) is 1.16. The number of thiophene rings is 1. The van der Waals surface area contributed by atoms with Crippen LogP contribution < -0.4 is 5.32 Å². The van der Waals surface area contributed by atoms with E-state index in [0.29, 0.717) is 50.7 Å². The van der Waals surface area contributed by atoms with Gasteiger partial charge in [0.25, 0.3) is 0 Å². The molecule has 0 aliphatic carbocycles. The quantitative estimate of drug-likeness (QED) is 0.544. The Kier molecular flexibility index (Phi) is 8.62. The molecular weight excluding hydrogens is 512 g/mol. The first-order chi connectivity index (χ1) is 18.1. The molecule has 5 heterocycles. The first-order valence-corrected chi connectivity index (χ1v) is 13.8. The molecule has 2 saturated heterocycles. The SMILES string of the molecule is C1COCCN1.Cc1nnc2n1-c1sc(CCC(=O)N3CCOCC3)cc1C(c1ccccc1Cl)=NC2. The zero-order valence-electron chi connectivity index (χ0n) is 20.9. The molecule has 6 rings (SSSR count). The minimum Gasteiger partial charge on any atom is -0.379 e. The van der Waals surface area contributed by atoms with Crippen molar-refractivity contribution >= 4 is 34.6 Å². The maximum atomic E-state index is 12.6. The number of aryl methyl sites for hydroxylation is 2. The highest BCUT2D eigenvalue weighted by Gasteiger charge is 2.26. The van der Waals surface area contributed by atoms with Gasteiger partial charge in [0.05, 0.1) is 32.1 Å². The van der Waals surface area contributed by atoms with Crippen molar-refractivity contribution in [3.05, 3.63) is 63.0 Å². The zero-order valence-corrected chi connectivity index (χ0v) is 22.5. The van der Waals surface area contributed by atoms with Gasteiger partial charge in [0.15, 0.2) is 5.82 Å². The first-order valence-electron chi connectivity index (χ1n) is 12.6. The van der Waals surface area contributed by atoms with Crippen LogP contribution in [-0.2, 0) is 27.2 Å². The number of aromatic nitrogens is 3. The Bertz CT molecular complexity index is 1250. The number of carbonyl (C=O) groups is 1. The Morgan fingerprint density at radius 2 is 1.84 bits per heavy atom. The zero-order chi connectivity index (χ0) is 25.6. The molecule has 37 heavy (non-hydrogen) atoms. The van der Waals surface area contributed by atoms with Crippen LogP contribution in [0, 0.1) is 6.92 Å². The maximum absolute atomic E-state index is 12.6. The van der Waals surface area contributed by atoms with Gasteiger partial charge in [-0.05, 0) is 25.5 Å². The third kappa shape index (κ3) is 6.10. The monoisotopic (exact) mass is 542 g/mol. The molecule has 1 aromatic carbocycles. The third-order valence-electron chi connectivity index (χ3n) is 6.42. The number of hydrogen-bond donors (Lipinski definition) is 1. The number of nitrogens with zero attached hydrogens (tertiary/aromatic N) is 5. The lowest BCUT2D eigenvalue weighted by Gasteiger charge is -2.26. The van der Waals surface area contributed by atoms with Crippen molar-refractivity contribution in [2.75, 3.05) is 52.6 Å². The molecule has 0 unspecified atom stereocenters. The summed E-state index contributed by atoms with van der Waals surface area (Å²) in [5.74, 6) is 1.80. The average molecular weight is 543 g/mol. The number of rotatable bonds is 4. The average Bonchev–Trinajstić information content (AvgIpc) is 3.49. The lowest BCUT2D eigenvalue weighted by atomic mass is 10.0. The van der Waals surface area contributed by atoms with E-state index < -0.39 is 0 Å². The van der Waals surface area contributed by atoms with Crippen LogP contribution in [0.15, 0.2) is 35.3 Å². The van der Waals surface area contributed by atoms with Gasteiger partial charge in [-0.25, -0.2) is 0 Å². The van der Waals surface area contributed by atoms with Crippen LogP contribution in [-0.4, -0.2) is 83.9 Å². The largest absolute Gasteiger partial charge is 0.379 e. The van der Waals surface area contributed by atoms with Crippen LogP contribution in [0.5, 0.6) is 0 Å². The number of benzene rings is 1. The van der Waals surface area contributed by atoms with Gasteiger partial charge in [0.1, 0.15) is 17.4 Å². The molecule has 1 N–H and O–H groups in total. The highest BCUT2D eigenvalue weighted by Crippen LogP contribution is 2.35. The van der Waals surface area contributed by atoms with Gasteiger partial charge in [-0.15, -0.1) is 21.5 Å². The molecule has 2 fully saturated rings. The van der Waals surface area contributed by atoms with E-state index in [-0.39, 0.29) is 5.91 Å². The van der Waals surface area contributed by atoms with Crippen LogP contribution in [0.25, 0.3) is 5.00 Å². The second-order valence-electron chi connectivity index (χ2n) is 8.93. The summed E-state index contributed by atoms with van der Waals surface area (Å²) in [6, 6.07) is 9.89. The van der Waals surface area contributed by atoms with E-state index in [0.717, 1.165) is 64.7 Å². The summed E-state index contributed by atoms with van der Waals surface area (Å²) >= 11 is 8.18. The van der Waals surface area contributed by atoms with Crippen LogP contribution in [0.1, 0.15) is 34.1 Å². The fourth-order valence-electron chi connectivity index (χ4n) is 4.50. The molecule has 9 nitrogen and oxygen atoms in total. The number of hydrogen-bond acceptors (Lipinski definition) is 8. The Labute approximate surface area is 225 Å². The molecule has 0 bridgehead atoms. The number of nitrogens with one attached hydrogen (secondary N) is 1. The van der Waals surface area contributed by atoms with Crippen LogP contribution in [0.3, 0.4) is 0 Å². The normalized spacial score (nSPS) is 17.1. The molecule has 3 aliphatic heterocycles. The van der Waals surface area contributed by atoms with Crippen molar-refractivity contribution in [1.29, 1.82) is 0 Å². The Hall–Kier alpha value is -2.63. The minimum atomic E-state index is 0.174. The van der Waals surface area contributed by atoms with Crippen LogP contribution in [0.4, 0.5) is 0 Å². The molecule has 196 valence electrons. The van der Waals surface area contributed by atoms with E-state index >= 15 is 0 Å². The highest BCUT2D eigenvalue weighted by atomic mass is 35.5. The number of carbonyl (C=O) groups excluding carboxylic acids is 1. The lowest BCUT2D eigenvalue weighted by Crippen LogP contribution is -2.40. The van der Waals surface area contributed by atoms with E-state index in [1.54, 1.807) is 11.3 Å². The second kappa shape index (κ2) is 12.3. The van der Waals surface area contributed by atoms with Gasteiger partial charge in [-0.1, -0.05) is 29.8 Å². The fraction of sp³-hybridized carbons (Fsp3) is 0.462. The first kappa shape index (κ1) is 26.0. The van der Waals surface area contributed by atoms with E-state index in [2.05, 4.69) is 26.1 Å². The predicted octanol–water partition coefficient (Wildman–Crippen LogP) is 3.04. The molecule has 3 aliphatic rings. The molecule has 3 aromatic rings. The number of halogens is 1. The Morgan fingerprint density at radius 1 is 1.08 bits per heavy atom. The number of fused-ring (bicyclic) bond motifs is 3. The van der Waals surface area contributed by atoms with E-state index in [1.807, 2.05) is 36.1 Å². The minimum absolute atomic E-state index is 0.174. The summed E-state index contributed by atoms with van der Waals surface area (Å²) in [7, 11) is 0. The summed E-state index contributed by atoms with van der Waals surface area (Å²) in [5, 5.41) is 13.4. The predicted molar refractivity (Wildman–Crippen MR) is 144 cm³/mol. The Balaban J connectivity index is 0.000000412. The highest BCUT2D eigenvalue weighted by molar-refractivity contribution is 7.15. The smallest absolute Gasteiger partial charge is 0.223 e. The van der Waals surface area contributed by atoms with Crippen LogP contribution >= 0.6 is 22.9 Å². The van der Waals surface area contributed by atoms with Crippen molar-refractivity contribution in [3.63, 3.8) is 0 Å². The van der Waals surface area contributed by atoms with Crippen molar-refractivity contribution in [2.24, 2.45) is 4.99 Å². The topological polar surface area (TPSA) is 93.9 Å². The van der Waals surface area contributed by atoms with E-state index in [9.17, 15) is 4.79 Å². The summed E-state index contributed by atoms with van der Waals surface area (Å²) in [4.78, 5) is 20.5. The van der Waals surface area contributed by atoms with Gasteiger partial charge in [-0.2, -0.15) is 0 Å². The molecular formula is C26H31ClN6O3S. The summed E-state index contributed by atoms with van der Waals surface area (Å²) < 4.78 is 12.4. The number of amides is 1. The van der Waals surface area contributed by atoms with Crippen molar-refractivity contribution in [2.45, 2.75) is 26.3 Å². The number of morpholine rings is 2. The molecule has 0 atom stereocenters. The molecule has 11 heteroatoms. The summed E-state index contributed by atoms with van der Waals surface area (Å²) in [5.41, 5.74) is 2.76. The van der Waals surface area contributed by atoms with Crippen LogP contribution in [0.2, 0.25) is 5.02 Å². The molecule has 2 aromatic heterocycles. The maximum Gasteiger partial charge on any atom is 0.223 e. The molecule has 1 amide bonds. The van der Waals surface area contributed by atoms with E-state index in [4.69, 9.17) is 26.1 Å².